The van der Waals surface area contributed by atoms with E-state index >= 15 is 0 Å². The van der Waals surface area contributed by atoms with Gasteiger partial charge in [-0.25, -0.2) is 0 Å². The lowest BCUT2D eigenvalue weighted by atomic mass is 9.91. The van der Waals surface area contributed by atoms with Crippen LogP contribution in [0.2, 0.25) is 0 Å². The summed E-state index contributed by atoms with van der Waals surface area (Å²) in [6.45, 7) is 6.43. The second kappa shape index (κ2) is 4.84. The summed E-state index contributed by atoms with van der Waals surface area (Å²) in [5.41, 5.74) is -0.514. The summed E-state index contributed by atoms with van der Waals surface area (Å²) in [6, 6.07) is 0. The molecule has 0 rings (SSSR count). The van der Waals surface area contributed by atoms with Gasteiger partial charge in [0.2, 0.25) is 6.79 Å². The maximum Gasteiger partial charge on any atom is 0.314 e. The van der Waals surface area contributed by atoms with Gasteiger partial charge in [0.05, 0.1) is 5.41 Å². The summed E-state index contributed by atoms with van der Waals surface area (Å²) < 4.78 is 9.20. The number of esters is 2. The third-order valence-electron chi connectivity index (χ3n) is 1.89. The molecule has 0 aromatic carbocycles. The van der Waals surface area contributed by atoms with Crippen molar-refractivity contribution in [2.45, 2.75) is 34.1 Å². The van der Waals surface area contributed by atoms with Crippen molar-refractivity contribution >= 4 is 11.9 Å². The highest BCUT2D eigenvalue weighted by molar-refractivity contribution is 5.75. The molecule has 0 saturated heterocycles. The summed E-state index contributed by atoms with van der Waals surface area (Å²) in [5.74, 6) is -0.807. The van der Waals surface area contributed by atoms with Crippen LogP contribution in [-0.2, 0) is 19.1 Å². The Balaban J connectivity index is 3.81. The van der Waals surface area contributed by atoms with Crippen LogP contribution in [0, 0.1) is 5.41 Å². The molecular formula is C9H16O4. The molecule has 0 N–H and O–H groups in total. The van der Waals surface area contributed by atoms with Crippen LogP contribution in [0.15, 0.2) is 0 Å². The molecule has 0 fully saturated rings. The zero-order valence-electron chi connectivity index (χ0n) is 8.55. The summed E-state index contributed by atoms with van der Waals surface area (Å²) in [4.78, 5) is 21.6. The molecule has 0 aliphatic heterocycles. The Hall–Kier alpha value is -1.06. The molecule has 0 unspecified atom stereocenters. The van der Waals surface area contributed by atoms with Gasteiger partial charge in [0.25, 0.3) is 0 Å². The molecule has 0 radical (unpaired) electrons. The highest BCUT2D eigenvalue weighted by atomic mass is 16.7. The van der Waals surface area contributed by atoms with E-state index in [0.29, 0.717) is 6.42 Å². The number of ether oxygens (including phenoxy) is 2. The van der Waals surface area contributed by atoms with Gasteiger partial charge < -0.3 is 9.47 Å². The third-order valence-corrected chi connectivity index (χ3v) is 1.89. The fourth-order valence-corrected chi connectivity index (χ4v) is 0.506. The topological polar surface area (TPSA) is 52.6 Å². The molecule has 4 nitrogen and oxygen atoms in total. The first kappa shape index (κ1) is 11.9. The van der Waals surface area contributed by atoms with Crippen molar-refractivity contribution in [1.29, 1.82) is 0 Å². The van der Waals surface area contributed by atoms with E-state index in [1.165, 1.54) is 6.92 Å². The monoisotopic (exact) mass is 188 g/mol. The molecule has 0 aliphatic rings. The molecule has 0 spiro atoms. The van der Waals surface area contributed by atoms with E-state index in [9.17, 15) is 9.59 Å². The molecule has 0 aromatic rings. The lowest BCUT2D eigenvalue weighted by molar-refractivity contribution is -0.172. The van der Waals surface area contributed by atoms with E-state index in [4.69, 9.17) is 4.74 Å². The van der Waals surface area contributed by atoms with Gasteiger partial charge in [-0.15, -0.1) is 0 Å². The quantitative estimate of drug-likeness (QED) is 0.495. The van der Waals surface area contributed by atoms with Gasteiger partial charge in [-0.1, -0.05) is 6.92 Å². The van der Waals surface area contributed by atoms with Crippen molar-refractivity contribution in [3.63, 3.8) is 0 Å². The zero-order chi connectivity index (χ0) is 10.5. The first-order chi connectivity index (χ1) is 5.90. The predicted octanol–water partition coefficient (Wildman–Crippen LogP) is 1.49. The van der Waals surface area contributed by atoms with Gasteiger partial charge >= 0.3 is 11.9 Å². The highest BCUT2D eigenvalue weighted by Crippen LogP contribution is 2.21. The molecule has 0 aromatic heterocycles. The van der Waals surface area contributed by atoms with Crippen LogP contribution in [0.25, 0.3) is 0 Å². The smallest absolute Gasteiger partial charge is 0.314 e. The second-order valence-corrected chi connectivity index (χ2v) is 3.42. The Bertz CT molecular complexity index is 196. The van der Waals surface area contributed by atoms with Crippen molar-refractivity contribution in [3.05, 3.63) is 0 Å². The lowest BCUT2D eigenvalue weighted by Crippen LogP contribution is -2.26. The standard InChI is InChI=1S/C9H16O4/c1-5-9(3,4)8(11)13-6-12-7(2)10/h5-6H2,1-4H3. The average molecular weight is 188 g/mol. The molecule has 76 valence electrons. The molecule has 13 heavy (non-hydrogen) atoms. The van der Waals surface area contributed by atoms with E-state index in [0.717, 1.165) is 0 Å². The number of carbonyl (C=O) groups excluding carboxylic acids is 2. The molecule has 0 saturated carbocycles. The van der Waals surface area contributed by atoms with Crippen LogP contribution in [-0.4, -0.2) is 18.7 Å². The molecular weight excluding hydrogens is 172 g/mol. The summed E-state index contributed by atoms with van der Waals surface area (Å²) in [5, 5.41) is 0. The Morgan fingerprint density at radius 3 is 2.15 bits per heavy atom. The van der Waals surface area contributed by atoms with Gasteiger partial charge in [0.15, 0.2) is 0 Å². The fraction of sp³-hybridized carbons (Fsp3) is 0.778. The van der Waals surface area contributed by atoms with Crippen LogP contribution >= 0.6 is 0 Å². The largest absolute Gasteiger partial charge is 0.428 e. The molecule has 0 atom stereocenters. The third kappa shape index (κ3) is 4.50. The zero-order valence-corrected chi connectivity index (χ0v) is 8.55. The van der Waals surface area contributed by atoms with Crippen LogP contribution in [0.4, 0.5) is 0 Å². The second-order valence-electron chi connectivity index (χ2n) is 3.42. The number of hydrogen-bond acceptors (Lipinski definition) is 4. The van der Waals surface area contributed by atoms with E-state index in [1.54, 1.807) is 13.8 Å². The lowest BCUT2D eigenvalue weighted by Gasteiger charge is -2.19. The molecule has 4 heteroatoms. The van der Waals surface area contributed by atoms with Gasteiger partial charge in [-0.05, 0) is 20.3 Å². The van der Waals surface area contributed by atoms with E-state index < -0.39 is 11.4 Å². The van der Waals surface area contributed by atoms with Gasteiger partial charge in [-0.2, -0.15) is 0 Å². The highest BCUT2D eigenvalue weighted by Gasteiger charge is 2.27. The van der Waals surface area contributed by atoms with Gasteiger partial charge in [0, 0.05) is 6.92 Å². The van der Waals surface area contributed by atoms with Crippen LogP contribution in [0.3, 0.4) is 0 Å². The van der Waals surface area contributed by atoms with Crippen molar-refractivity contribution in [2.75, 3.05) is 6.79 Å². The van der Waals surface area contributed by atoms with Gasteiger partial charge in [0.1, 0.15) is 0 Å². The Morgan fingerprint density at radius 1 is 1.23 bits per heavy atom. The van der Waals surface area contributed by atoms with E-state index in [2.05, 4.69) is 4.74 Å². The first-order valence-electron chi connectivity index (χ1n) is 4.20. The average Bonchev–Trinajstić information content (AvgIpc) is 2.03. The van der Waals surface area contributed by atoms with Crippen LogP contribution in [0.5, 0.6) is 0 Å². The van der Waals surface area contributed by atoms with E-state index in [1.807, 2.05) is 6.92 Å². The summed E-state index contributed by atoms with van der Waals surface area (Å²) in [6.07, 6.45) is 0.686. The van der Waals surface area contributed by atoms with Crippen molar-refractivity contribution in [3.8, 4) is 0 Å². The number of carbonyl (C=O) groups is 2. The van der Waals surface area contributed by atoms with Crippen molar-refractivity contribution in [1.82, 2.24) is 0 Å². The van der Waals surface area contributed by atoms with Crippen molar-refractivity contribution < 1.29 is 19.1 Å². The molecule has 0 bridgehead atoms. The maximum atomic E-state index is 11.3. The normalized spacial score (nSPS) is 10.8. The minimum atomic E-state index is -0.514. The SMILES string of the molecule is CCC(C)(C)C(=O)OCOC(C)=O. The van der Waals surface area contributed by atoms with Gasteiger partial charge in [-0.3, -0.25) is 9.59 Å². The first-order valence-corrected chi connectivity index (χ1v) is 4.20. The summed E-state index contributed by atoms with van der Waals surface area (Å²) in [7, 11) is 0. The number of hydrogen-bond donors (Lipinski definition) is 0. The van der Waals surface area contributed by atoms with Crippen LogP contribution < -0.4 is 0 Å². The Kier molecular flexibility index (Phi) is 4.45. The van der Waals surface area contributed by atoms with Crippen molar-refractivity contribution in [2.24, 2.45) is 5.41 Å². The molecule has 0 amide bonds. The van der Waals surface area contributed by atoms with E-state index in [-0.39, 0.29) is 12.8 Å². The number of rotatable bonds is 4. The van der Waals surface area contributed by atoms with Crippen LogP contribution in [0.1, 0.15) is 34.1 Å². The Labute approximate surface area is 78.2 Å². The Morgan fingerprint density at radius 2 is 1.77 bits per heavy atom. The predicted molar refractivity (Wildman–Crippen MR) is 46.8 cm³/mol. The molecule has 0 heterocycles. The molecule has 0 aliphatic carbocycles. The minimum Gasteiger partial charge on any atom is -0.428 e. The minimum absolute atomic E-state index is 0.294. The maximum absolute atomic E-state index is 11.3. The fourth-order valence-electron chi connectivity index (χ4n) is 0.506. The summed E-state index contributed by atoms with van der Waals surface area (Å²) >= 11 is 0.